The number of hydrogen-bond acceptors (Lipinski definition) is 3. The van der Waals surface area contributed by atoms with Crippen molar-refractivity contribution in [2.24, 2.45) is 16.8 Å². The van der Waals surface area contributed by atoms with E-state index in [4.69, 9.17) is 0 Å². The Labute approximate surface area is 167 Å². The Morgan fingerprint density at radius 2 is 2.00 bits per heavy atom. The molecular formula is C22H32N6. The van der Waals surface area contributed by atoms with Crippen molar-refractivity contribution in [1.29, 1.82) is 0 Å². The average Bonchev–Trinajstić information content (AvgIpc) is 3.17. The number of imidazole rings is 1. The molecule has 0 saturated heterocycles. The summed E-state index contributed by atoms with van der Waals surface area (Å²) in [4.78, 5) is 13.3. The lowest BCUT2D eigenvalue weighted by Crippen LogP contribution is -2.46. The molecular weight excluding hydrogens is 348 g/mol. The monoisotopic (exact) mass is 380 g/mol. The maximum atomic E-state index is 4.57. The third-order valence-electron chi connectivity index (χ3n) is 6.45. The van der Waals surface area contributed by atoms with Gasteiger partial charge in [-0.3, -0.25) is 9.56 Å². The van der Waals surface area contributed by atoms with Crippen molar-refractivity contribution in [3.8, 4) is 5.82 Å². The van der Waals surface area contributed by atoms with Gasteiger partial charge in [0.2, 0.25) is 0 Å². The number of aryl methyl sites for hydroxylation is 1. The topological polar surface area (TPSA) is 67.1 Å². The molecule has 4 rings (SSSR count). The molecule has 2 aliphatic rings. The summed E-state index contributed by atoms with van der Waals surface area (Å²) in [6.07, 6.45) is 15.3. The molecule has 0 radical (unpaired) electrons. The molecule has 150 valence electrons. The Bertz CT molecular complexity index is 794. The first-order valence-electron chi connectivity index (χ1n) is 10.7. The van der Waals surface area contributed by atoms with E-state index in [9.17, 15) is 0 Å². The van der Waals surface area contributed by atoms with Gasteiger partial charge >= 0.3 is 0 Å². The molecule has 2 aromatic rings. The van der Waals surface area contributed by atoms with Crippen LogP contribution in [0.2, 0.25) is 0 Å². The molecule has 0 aliphatic heterocycles. The zero-order chi connectivity index (χ0) is 19.3. The summed E-state index contributed by atoms with van der Waals surface area (Å²) < 4.78 is 1.99. The van der Waals surface area contributed by atoms with Gasteiger partial charge in [-0.15, -0.1) is 0 Å². The van der Waals surface area contributed by atoms with Gasteiger partial charge in [0.25, 0.3) is 0 Å². The number of nitrogens with one attached hydrogen (secondary N) is 2. The number of rotatable bonds is 4. The van der Waals surface area contributed by atoms with E-state index in [0.717, 1.165) is 35.0 Å². The van der Waals surface area contributed by atoms with Gasteiger partial charge in [-0.1, -0.05) is 31.7 Å². The molecule has 6 heteroatoms. The summed E-state index contributed by atoms with van der Waals surface area (Å²) in [6.45, 7) is 2.70. The van der Waals surface area contributed by atoms with Gasteiger partial charge in [-0.25, -0.2) is 9.97 Å². The predicted molar refractivity (Wildman–Crippen MR) is 113 cm³/mol. The maximum absolute atomic E-state index is 4.57. The summed E-state index contributed by atoms with van der Waals surface area (Å²) in [6, 6.07) is 4.69. The molecule has 2 N–H and O–H groups in total. The van der Waals surface area contributed by atoms with Crippen LogP contribution >= 0.6 is 0 Å². The van der Waals surface area contributed by atoms with Crippen LogP contribution in [0.15, 0.2) is 35.7 Å². The number of pyridine rings is 1. The fourth-order valence-corrected chi connectivity index (χ4v) is 4.86. The lowest BCUT2D eigenvalue weighted by molar-refractivity contribution is 0.150. The highest BCUT2D eigenvalue weighted by Crippen LogP contribution is 2.40. The van der Waals surface area contributed by atoms with Crippen LogP contribution in [-0.2, 0) is 6.54 Å². The largest absolute Gasteiger partial charge is 0.354 e. The van der Waals surface area contributed by atoms with E-state index in [2.05, 4.69) is 31.7 Å². The van der Waals surface area contributed by atoms with E-state index >= 15 is 0 Å². The van der Waals surface area contributed by atoms with Crippen molar-refractivity contribution in [3.05, 3.63) is 42.1 Å². The molecule has 3 atom stereocenters. The smallest absolute Gasteiger partial charge is 0.191 e. The second-order valence-electron chi connectivity index (χ2n) is 8.25. The molecule has 2 fully saturated rings. The van der Waals surface area contributed by atoms with Crippen LogP contribution in [0.5, 0.6) is 0 Å². The Balaban J connectivity index is 1.29. The first-order chi connectivity index (χ1) is 13.7. The Hall–Kier alpha value is -2.37. The van der Waals surface area contributed by atoms with Crippen molar-refractivity contribution in [3.63, 3.8) is 0 Å². The third kappa shape index (κ3) is 4.37. The number of fused-ring (bicyclic) bond motifs is 1. The molecule has 3 unspecified atom stereocenters. The Morgan fingerprint density at radius 1 is 1.14 bits per heavy atom. The van der Waals surface area contributed by atoms with Crippen LogP contribution in [0.3, 0.4) is 0 Å². The minimum atomic E-state index is 0.551. The fraction of sp³-hybridized carbons (Fsp3) is 0.591. The molecule has 2 heterocycles. The van der Waals surface area contributed by atoms with Crippen molar-refractivity contribution in [1.82, 2.24) is 25.2 Å². The Morgan fingerprint density at radius 3 is 2.71 bits per heavy atom. The number of aromatic nitrogens is 3. The highest BCUT2D eigenvalue weighted by atomic mass is 15.2. The molecule has 2 aliphatic carbocycles. The van der Waals surface area contributed by atoms with E-state index < -0.39 is 0 Å². The SMILES string of the molecule is CN=C(NCc1ccc(-n2ccnc2C)nc1)NC1CCC2CCCCC2C1. The van der Waals surface area contributed by atoms with E-state index in [1.807, 2.05) is 37.0 Å². The van der Waals surface area contributed by atoms with E-state index in [0.29, 0.717) is 12.6 Å². The minimum absolute atomic E-state index is 0.551. The van der Waals surface area contributed by atoms with Crippen LogP contribution in [-0.4, -0.2) is 33.6 Å². The highest BCUT2D eigenvalue weighted by Gasteiger charge is 2.32. The standard InChI is InChI=1S/C22H32N6/c1-16-24-11-12-28(16)21-10-7-17(14-25-21)15-26-22(23-2)27-20-9-8-18-5-3-4-6-19(18)13-20/h7,10-12,14,18-20H,3-6,8-9,13,15H2,1-2H3,(H2,23,26,27). The van der Waals surface area contributed by atoms with Crippen LogP contribution in [0.1, 0.15) is 56.3 Å². The van der Waals surface area contributed by atoms with Crippen LogP contribution in [0.25, 0.3) is 5.82 Å². The third-order valence-corrected chi connectivity index (χ3v) is 6.45. The lowest BCUT2D eigenvalue weighted by Gasteiger charge is -2.39. The van der Waals surface area contributed by atoms with E-state index in [-0.39, 0.29) is 0 Å². The minimum Gasteiger partial charge on any atom is -0.354 e. The summed E-state index contributed by atoms with van der Waals surface area (Å²) >= 11 is 0. The van der Waals surface area contributed by atoms with Crippen LogP contribution in [0.4, 0.5) is 0 Å². The summed E-state index contributed by atoms with van der Waals surface area (Å²) in [5.74, 6) is 4.63. The Kier molecular flexibility index (Phi) is 5.93. The summed E-state index contributed by atoms with van der Waals surface area (Å²) in [7, 11) is 1.85. The van der Waals surface area contributed by atoms with Crippen molar-refractivity contribution in [2.75, 3.05) is 7.05 Å². The summed E-state index contributed by atoms with van der Waals surface area (Å²) in [5, 5.41) is 7.11. The highest BCUT2D eigenvalue weighted by molar-refractivity contribution is 5.79. The van der Waals surface area contributed by atoms with Crippen molar-refractivity contribution < 1.29 is 0 Å². The normalized spacial score (nSPS) is 25.2. The number of hydrogen-bond donors (Lipinski definition) is 2. The van der Waals surface area contributed by atoms with Crippen LogP contribution < -0.4 is 10.6 Å². The first kappa shape index (κ1) is 19.0. The van der Waals surface area contributed by atoms with E-state index in [1.165, 1.54) is 44.9 Å². The van der Waals surface area contributed by atoms with Crippen molar-refractivity contribution in [2.45, 2.75) is 64.5 Å². The molecule has 28 heavy (non-hydrogen) atoms. The molecule has 2 saturated carbocycles. The molecule has 0 bridgehead atoms. The quantitative estimate of drug-likeness (QED) is 0.628. The van der Waals surface area contributed by atoms with Gasteiger partial charge in [0.15, 0.2) is 5.96 Å². The van der Waals surface area contributed by atoms with Gasteiger partial charge in [-0.2, -0.15) is 0 Å². The van der Waals surface area contributed by atoms with E-state index in [1.54, 1.807) is 6.20 Å². The lowest BCUT2D eigenvalue weighted by atomic mass is 9.69. The van der Waals surface area contributed by atoms with Crippen LogP contribution in [0, 0.1) is 18.8 Å². The summed E-state index contributed by atoms with van der Waals surface area (Å²) in [5.41, 5.74) is 1.14. The molecule has 0 spiro atoms. The molecule has 2 aromatic heterocycles. The zero-order valence-electron chi connectivity index (χ0n) is 17.1. The fourth-order valence-electron chi connectivity index (χ4n) is 4.86. The van der Waals surface area contributed by atoms with Crippen molar-refractivity contribution >= 4 is 5.96 Å². The second kappa shape index (κ2) is 8.76. The van der Waals surface area contributed by atoms with Gasteiger partial charge < -0.3 is 10.6 Å². The molecule has 6 nitrogen and oxygen atoms in total. The first-order valence-corrected chi connectivity index (χ1v) is 10.7. The zero-order valence-corrected chi connectivity index (χ0v) is 17.1. The maximum Gasteiger partial charge on any atom is 0.191 e. The van der Waals surface area contributed by atoms with Gasteiger partial charge in [0.1, 0.15) is 11.6 Å². The molecule has 0 amide bonds. The van der Waals surface area contributed by atoms with Gasteiger partial charge in [-0.05, 0) is 49.7 Å². The number of guanidine groups is 1. The average molecular weight is 381 g/mol. The number of nitrogens with zero attached hydrogens (tertiary/aromatic N) is 4. The number of aliphatic imine (C=N–C) groups is 1. The van der Waals surface area contributed by atoms with Gasteiger partial charge in [0.05, 0.1) is 0 Å². The van der Waals surface area contributed by atoms with Gasteiger partial charge in [0, 0.05) is 38.2 Å². The predicted octanol–water partition coefficient (Wildman–Crippen LogP) is 3.60. The molecule has 0 aromatic carbocycles. The second-order valence-corrected chi connectivity index (χ2v) is 8.25.